The lowest BCUT2D eigenvalue weighted by atomic mass is 10.2. The molecular formula is C15H14F3N3O3S. The van der Waals surface area contributed by atoms with Crippen molar-refractivity contribution in [3.05, 3.63) is 51.7 Å². The van der Waals surface area contributed by atoms with Gasteiger partial charge in [0.1, 0.15) is 0 Å². The Hall–Kier alpha value is -2.33. The Morgan fingerprint density at radius 2 is 2.08 bits per heavy atom. The predicted molar refractivity (Wildman–Crippen MR) is 85.8 cm³/mol. The normalized spacial score (nSPS) is 12.0. The first-order valence-electron chi connectivity index (χ1n) is 7.02. The molecule has 1 amide bonds. The fraction of sp³-hybridized carbons (Fsp3) is 0.267. The van der Waals surface area contributed by atoms with Crippen LogP contribution in [-0.4, -0.2) is 28.2 Å². The minimum Gasteiger partial charge on any atom is -0.378 e. The minimum atomic E-state index is -1.67. The van der Waals surface area contributed by atoms with Gasteiger partial charge in [0, 0.05) is 13.2 Å². The van der Waals surface area contributed by atoms with E-state index in [1.165, 1.54) is 20.1 Å². The van der Waals surface area contributed by atoms with Gasteiger partial charge < -0.3 is 15.0 Å². The molecule has 2 rings (SSSR count). The molecule has 0 aliphatic carbocycles. The summed E-state index contributed by atoms with van der Waals surface area (Å²) in [6.07, 6.45) is 0. The van der Waals surface area contributed by atoms with E-state index < -0.39 is 39.9 Å². The Bertz CT molecular complexity index is 845. The van der Waals surface area contributed by atoms with Crippen LogP contribution in [0.1, 0.15) is 12.6 Å². The predicted octanol–water partition coefficient (Wildman–Crippen LogP) is 2.45. The molecule has 0 aliphatic heterocycles. The number of nitrogens with one attached hydrogen (secondary N) is 2. The van der Waals surface area contributed by atoms with E-state index in [0.717, 1.165) is 17.8 Å². The molecule has 0 bridgehead atoms. The maximum absolute atomic E-state index is 13.6. The lowest BCUT2D eigenvalue weighted by Crippen LogP contribution is -2.24. The van der Waals surface area contributed by atoms with Gasteiger partial charge in [0.15, 0.2) is 22.6 Å². The van der Waals surface area contributed by atoms with Crippen LogP contribution in [0.15, 0.2) is 28.2 Å². The number of halogens is 3. The van der Waals surface area contributed by atoms with E-state index >= 15 is 0 Å². The molecule has 2 N–H and O–H groups in total. The largest absolute Gasteiger partial charge is 0.378 e. The van der Waals surface area contributed by atoms with Gasteiger partial charge >= 0.3 is 0 Å². The highest BCUT2D eigenvalue weighted by atomic mass is 32.2. The van der Waals surface area contributed by atoms with Gasteiger partial charge in [-0.1, -0.05) is 11.8 Å². The van der Waals surface area contributed by atoms with Crippen molar-refractivity contribution in [3.8, 4) is 0 Å². The van der Waals surface area contributed by atoms with Gasteiger partial charge in [0.05, 0.1) is 23.2 Å². The lowest BCUT2D eigenvalue weighted by molar-refractivity contribution is -0.115. The topological polar surface area (TPSA) is 84.1 Å². The number of hydrogen-bond acceptors (Lipinski definition) is 5. The highest BCUT2D eigenvalue weighted by Crippen LogP contribution is 2.23. The van der Waals surface area contributed by atoms with E-state index in [9.17, 15) is 22.8 Å². The second-order valence-electron chi connectivity index (χ2n) is 4.95. The summed E-state index contributed by atoms with van der Waals surface area (Å²) in [4.78, 5) is 30.2. The van der Waals surface area contributed by atoms with Crippen molar-refractivity contribution in [2.24, 2.45) is 0 Å². The number of hydrogen-bond donors (Lipinski definition) is 2. The molecule has 10 heteroatoms. The number of amides is 1. The monoisotopic (exact) mass is 373 g/mol. The number of anilines is 1. The Morgan fingerprint density at radius 1 is 1.36 bits per heavy atom. The van der Waals surface area contributed by atoms with E-state index in [1.54, 1.807) is 0 Å². The standard InChI is InChI=1S/C15H14F3N3O3S/c1-7(25-15-19-8(6-24-2)5-11(22)21-15)14(23)20-10-4-3-9(16)12(17)13(10)18/h3-5,7H,6H2,1-2H3,(H,20,23)(H,19,21,22). The first kappa shape index (κ1) is 19.0. The number of ether oxygens (including phenoxy) is 1. The first-order valence-corrected chi connectivity index (χ1v) is 7.90. The molecule has 0 saturated heterocycles. The van der Waals surface area contributed by atoms with Crippen LogP contribution in [0.3, 0.4) is 0 Å². The number of thioether (sulfide) groups is 1. The van der Waals surface area contributed by atoms with E-state index in [1.807, 2.05) is 0 Å². The van der Waals surface area contributed by atoms with Crippen LogP contribution < -0.4 is 10.9 Å². The molecule has 0 spiro atoms. The van der Waals surface area contributed by atoms with Gasteiger partial charge in [-0.3, -0.25) is 9.59 Å². The Kier molecular flexibility index (Phi) is 6.21. The highest BCUT2D eigenvalue weighted by molar-refractivity contribution is 8.00. The van der Waals surface area contributed by atoms with Gasteiger partial charge in [0.25, 0.3) is 5.56 Å². The summed E-state index contributed by atoms with van der Waals surface area (Å²) in [5.74, 6) is -5.18. The molecular weight excluding hydrogens is 359 g/mol. The first-order chi connectivity index (χ1) is 11.8. The van der Waals surface area contributed by atoms with Crippen molar-refractivity contribution in [2.75, 3.05) is 12.4 Å². The maximum atomic E-state index is 13.6. The minimum absolute atomic E-state index is 0.123. The molecule has 2 aromatic rings. The number of aromatic amines is 1. The van der Waals surface area contributed by atoms with Crippen LogP contribution in [0.25, 0.3) is 0 Å². The SMILES string of the molecule is COCc1cc(=O)[nH]c(SC(C)C(=O)Nc2ccc(F)c(F)c2F)n1. The van der Waals surface area contributed by atoms with Crippen molar-refractivity contribution in [1.82, 2.24) is 9.97 Å². The molecule has 0 fully saturated rings. The van der Waals surface area contributed by atoms with Crippen molar-refractivity contribution in [3.63, 3.8) is 0 Å². The molecule has 0 aliphatic rings. The maximum Gasteiger partial charge on any atom is 0.251 e. The van der Waals surface area contributed by atoms with E-state index in [2.05, 4.69) is 15.3 Å². The van der Waals surface area contributed by atoms with Crippen LogP contribution in [0.4, 0.5) is 18.9 Å². The molecule has 134 valence electrons. The van der Waals surface area contributed by atoms with E-state index in [-0.39, 0.29) is 11.8 Å². The Balaban J connectivity index is 2.11. The van der Waals surface area contributed by atoms with Gasteiger partial charge in [-0.25, -0.2) is 18.2 Å². The Labute approximate surface area is 144 Å². The van der Waals surface area contributed by atoms with Crippen molar-refractivity contribution < 1.29 is 22.7 Å². The molecule has 0 saturated carbocycles. The second kappa shape index (κ2) is 8.17. The summed E-state index contributed by atoms with van der Waals surface area (Å²) >= 11 is 0.914. The average molecular weight is 373 g/mol. The van der Waals surface area contributed by atoms with Crippen molar-refractivity contribution in [1.29, 1.82) is 0 Å². The number of rotatable bonds is 6. The van der Waals surface area contributed by atoms with Crippen LogP contribution in [-0.2, 0) is 16.1 Å². The molecule has 1 unspecified atom stereocenters. The third-order valence-electron chi connectivity index (χ3n) is 3.02. The molecule has 1 heterocycles. The van der Waals surface area contributed by atoms with Crippen molar-refractivity contribution >= 4 is 23.4 Å². The van der Waals surface area contributed by atoms with Gasteiger partial charge in [-0.05, 0) is 19.1 Å². The summed E-state index contributed by atoms with van der Waals surface area (Å²) in [5, 5.41) is 1.54. The molecule has 25 heavy (non-hydrogen) atoms. The van der Waals surface area contributed by atoms with Gasteiger partial charge in [-0.2, -0.15) is 0 Å². The van der Waals surface area contributed by atoms with Crippen molar-refractivity contribution in [2.45, 2.75) is 23.9 Å². The van der Waals surface area contributed by atoms with Crippen LogP contribution in [0.5, 0.6) is 0 Å². The molecule has 0 radical (unpaired) electrons. The zero-order valence-electron chi connectivity index (χ0n) is 13.2. The zero-order valence-corrected chi connectivity index (χ0v) is 14.0. The molecule has 6 nitrogen and oxygen atoms in total. The third-order valence-corrected chi connectivity index (χ3v) is 4.00. The van der Waals surface area contributed by atoms with Gasteiger partial charge in [-0.15, -0.1) is 0 Å². The zero-order chi connectivity index (χ0) is 18.6. The fourth-order valence-corrected chi connectivity index (χ4v) is 2.67. The summed E-state index contributed by atoms with van der Waals surface area (Å²) in [5.41, 5.74) is -0.511. The van der Waals surface area contributed by atoms with Crippen LogP contribution in [0, 0.1) is 17.5 Å². The molecule has 1 aromatic carbocycles. The lowest BCUT2D eigenvalue weighted by Gasteiger charge is -2.12. The molecule has 1 aromatic heterocycles. The van der Waals surface area contributed by atoms with Crippen LogP contribution in [0.2, 0.25) is 0 Å². The van der Waals surface area contributed by atoms with Crippen LogP contribution >= 0.6 is 11.8 Å². The summed E-state index contributed by atoms with van der Waals surface area (Å²) in [6, 6.07) is 2.89. The number of H-pyrrole nitrogens is 1. The number of carbonyl (C=O) groups excluding carboxylic acids is 1. The molecule has 1 atom stereocenters. The number of methoxy groups -OCH3 is 1. The number of benzene rings is 1. The number of aromatic nitrogens is 2. The number of nitrogens with zero attached hydrogens (tertiary/aromatic N) is 1. The average Bonchev–Trinajstić information content (AvgIpc) is 2.55. The van der Waals surface area contributed by atoms with Gasteiger partial charge in [0.2, 0.25) is 5.91 Å². The summed E-state index contributed by atoms with van der Waals surface area (Å²) in [7, 11) is 1.45. The summed E-state index contributed by atoms with van der Waals surface area (Å²) in [6.45, 7) is 1.61. The fourth-order valence-electron chi connectivity index (χ4n) is 1.84. The summed E-state index contributed by atoms with van der Waals surface area (Å²) < 4.78 is 44.6. The third kappa shape index (κ3) is 4.83. The smallest absolute Gasteiger partial charge is 0.251 e. The van der Waals surface area contributed by atoms with E-state index in [0.29, 0.717) is 11.8 Å². The number of carbonyl (C=O) groups is 1. The second-order valence-corrected chi connectivity index (χ2v) is 6.28. The van der Waals surface area contributed by atoms with E-state index in [4.69, 9.17) is 4.74 Å². The quantitative estimate of drug-likeness (QED) is 0.462. The highest BCUT2D eigenvalue weighted by Gasteiger charge is 2.20. The Morgan fingerprint density at radius 3 is 2.76 bits per heavy atom.